The Kier molecular flexibility index (Phi) is 3.62. The number of sulfonamides is 1. The molecule has 0 saturated heterocycles. The molecule has 122 valence electrons. The van der Waals surface area contributed by atoms with Gasteiger partial charge in [0.15, 0.2) is 0 Å². The van der Waals surface area contributed by atoms with Crippen molar-refractivity contribution in [3.8, 4) is 21.8 Å². The van der Waals surface area contributed by atoms with Gasteiger partial charge in [-0.3, -0.25) is 9.29 Å². The molecular weight excluding hydrogens is 342 g/mol. The van der Waals surface area contributed by atoms with E-state index in [9.17, 15) is 8.42 Å². The van der Waals surface area contributed by atoms with E-state index < -0.39 is 10.0 Å². The molecule has 3 aromatic rings. The van der Waals surface area contributed by atoms with Gasteiger partial charge in [0.25, 0.3) is 0 Å². The van der Waals surface area contributed by atoms with Crippen LogP contribution in [0.25, 0.3) is 21.8 Å². The first-order valence-electron chi connectivity index (χ1n) is 7.49. The first-order valence-corrected chi connectivity index (χ1v) is 10.2. The molecule has 1 aromatic carbocycles. The second kappa shape index (κ2) is 5.68. The number of hydrogen-bond acceptors (Lipinski definition) is 5. The maximum Gasteiger partial charge on any atom is 0.232 e. The van der Waals surface area contributed by atoms with Gasteiger partial charge in [0.2, 0.25) is 10.0 Å². The fraction of sp³-hybridized carbons (Fsp3) is 0.176. The molecule has 4 rings (SSSR count). The highest BCUT2D eigenvalue weighted by Gasteiger charge is 2.26. The molecular formula is C17H15N3O2S2. The number of pyridine rings is 1. The monoisotopic (exact) mass is 357 g/mol. The van der Waals surface area contributed by atoms with Crippen molar-refractivity contribution in [3.63, 3.8) is 0 Å². The lowest BCUT2D eigenvalue weighted by Crippen LogP contribution is -2.27. The van der Waals surface area contributed by atoms with Crippen LogP contribution in [0.5, 0.6) is 0 Å². The van der Waals surface area contributed by atoms with Gasteiger partial charge in [0, 0.05) is 35.4 Å². The number of fused-ring (bicyclic) bond motifs is 1. The maximum absolute atomic E-state index is 11.8. The van der Waals surface area contributed by atoms with Crippen LogP contribution in [0.2, 0.25) is 0 Å². The van der Waals surface area contributed by atoms with Gasteiger partial charge in [0.05, 0.1) is 17.6 Å². The largest absolute Gasteiger partial charge is 0.270 e. The Hall–Kier alpha value is -2.25. The van der Waals surface area contributed by atoms with Gasteiger partial charge in [-0.1, -0.05) is 6.07 Å². The number of nitrogens with zero attached hydrogens (tertiary/aromatic N) is 3. The van der Waals surface area contributed by atoms with Crippen LogP contribution in [0.4, 0.5) is 5.69 Å². The van der Waals surface area contributed by atoms with Crippen molar-refractivity contribution in [2.75, 3.05) is 17.1 Å². The van der Waals surface area contributed by atoms with Crippen LogP contribution >= 0.6 is 11.3 Å². The van der Waals surface area contributed by atoms with Crippen molar-refractivity contribution in [1.29, 1.82) is 0 Å². The van der Waals surface area contributed by atoms with Crippen molar-refractivity contribution in [2.45, 2.75) is 6.42 Å². The van der Waals surface area contributed by atoms with Crippen LogP contribution in [-0.4, -0.2) is 31.2 Å². The molecule has 3 heterocycles. The standard InChI is InChI=1S/C17H15N3O2S2/c1-24(21,22)20-9-6-14-10-13(2-3-16(14)20)15-11-23-17(19-15)12-4-7-18-8-5-12/h2-5,7-8,10-11H,6,9H2,1H3. The van der Waals surface area contributed by atoms with E-state index in [1.807, 2.05) is 35.7 Å². The number of hydrogen-bond donors (Lipinski definition) is 0. The third kappa shape index (κ3) is 2.70. The van der Waals surface area contributed by atoms with Crippen LogP contribution in [-0.2, 0) is 16.4 Å². The number of thiazole rings is 1. The highest BCUT2D eigenvalue weighted by molar-refractivity contribution is 7.92. The third-order valence-electron chi connectivity index (χ3n) is 4.06. The van der Waals surface area contributed by atoms with Crippen LogP contribution in [0, 0.1) is 0 Å². The minimum atomic E-state index is -3.21. The molecule has 24 heavy (non-hydrogen) atoms. The lowest BCUT2D eigenvalue weighted by Gasteiger charge is -2.16. The van der Waals surface area contributed by atoms with Gasteiger partial charge in [-0.05, 0) is 36.2 Å². The predicted molar refractivity (Wildman–Crippen MR) is 96.7 cm³/mol. The fourth-order valence-electron chi connectivity index (χ4n) is 2.91. The van der Waals surface area contributed by atoms with E-state index in [1.165, 1.54) is 10.6 Å². The summed E-state index contributed by atoms with van der Waals surface area (Å²) in [4.78, 5) is 8.73. The quantitative estimate of drug-likeness (QED) is 0.722. The van der Waals surface area contributed by atoms with E-state index in [2.05, 4.69) is 4.98 Å². The molecule has 0 saturated carbocycles. The van der Waals surface area contributed by atoms with E-state index in [1.54, 1.807) is 23.7 Å². The lowest BCUT2D eigenvalue weighted by molar-refractivity contribution is 0.598. The normalized spacial score (nSPS) is 14.0. The Bertz CT molecular complexity index is 998. The van der Waals surface area contributed by atoms with E-state index >= 15 is 0 Å². The summed E-state index contributed by atoms with van der Waals surface area (Å²) < 4.78 is 25.1. The Balaban J connectivity index is 1.69. The second-order valence-corrected chi connectivity index (χ2v) is 8.47. The van der Waals surface area contributed by atoms with Crippen LogP contribution in [0.15, 0.2) is 48.1 Å². The Morgan fingerprint density at radius 3 is 2.67 bits per heavy atom. The highest BCUT2D eigenvalue weighted by atomic mass is 32.2. The van der Waals surface area contributed by atoms with E-state index in [4.69, 9.17) is 4.98 Å². The molecule has 0 atom stereocenters. The molecule has 0 amide bonds. The van der Waals surface area contributed by atoms with Gasteiger partial charge in [-0.25, -0.2) is 13.4 Å². The highest BCUT2D eigenvalue weighted by Crippen LogP contribution is 2.35. The van der Waals surface area contributed by atoms with Gasteiger partial charge < -0.3 is 0 Å². The topological polar surface area (TPSA) is 63.2 Å². The van der Waals surface area contributed by atoms with Gasteiger partial charge >= 0.3 is 0 Å². The van der Waals surface area contributed by atoms with Crippen molar-refractivity contribution < 1.29 is 8.42 Å². The van der Waals surface area contributed by atoms with Crippen LogP contribution in [0.3, 0.4) is 0 Å². The molecule has 5 nitrogen and oxygen atoms in total. The summed E-state index contributed by atoms with van der Waals surface area (Å²) in [5, 5.41) is 2.98. The zero-order valence-electron chi connectivity index (χ0n) is 13.0. The SMILES string of the molecule is CS(=O)(=O)N1CCc2cc(-c3csc(-c4ccncc4)n3)ccc21. The third-order valence-corrected chi connectivity index (χ3v) is 6.13. The van der Waals surface area contributed by atoms with Crippen molar-refractivity contribution in [2.24, 2.45) is 0 Å². The van der Waals surface area contributed by atoms with Crippen molar-refractivity contribution in [3.05, 3.63) is 53.7 Å². The molecule has 7 heteroatoms. The first-order chi connectivity index (χ1) is 11.5. The molecule has 0 radical (unpaired) electrons. The molecule has 0 spiro atoms. The predicted octanol–water partition coefficient (Wildman–Crippen LogP) is 3.19. The Labute approximate surface area is 144 Å². The second-order valence-electron chi connectivity index (χ2n) is 5.70. The maximum atomic E-state index is 11.8. The van der Waals surface area contributed by atoms with E-state index in [0.717, 1.165) is 39.5 Å². The van der Waals surface area contributed by atoms with E-state index in [0.29, 0.717) is 6.54 Å². The van der Waals surface area contributed by atoms with Gasteiger partial charge in [-0.2, -0.15) is 0 Å². The molecule has 0 aliphatic carbocycles. The summed E-state index contributed by atoms with van der Waals surface area (Å²) in [7, 11) is -3.21. The Morgan fingerprint density at radius 1 is 1.12 bits per heavy atom. The van der Waals surface area contributed by atoms with Gasteiger partial charge in [-0.15, -0.1) is 11.3 Å². The van der Waals surface area contributed by atoms with Crippen molar-refractivity contribution >= 4 is 27.0 Å². The average Bonchev–Trinajstić information content (AvgIpc) is 3.21. The summed E-state index contributed by atoms with van der Waals surface area (Å²) in [6.07, 6.45) is 5.49. The summed E-state index contributed by atoms with van der Waals surface area (Å²) in [6.45, 7) is 0.511. The summed E-state index contributed by atoms with van der Waals surface area (Å²) in [5.41, 5.74) is 4.81. The lowest BCUT2D eigenvalue weighted by atomic mass is 10.1. The Morgan fingerprint density at radius 2 is 1.92 bits per heavy atom. The zero-order valence-corrected chi connectivity index (χ0v) is 14.6. The molecule has 0 bridgehead atoms. The number of aromatic nitrogens is 2. The summed E-state index contributed by atoms with van der Waals surface area (Å²) >= 11 is 1.59. The molecule has 0 fully saturated rings. The first kappa shape index (κ1) is 15.3. The number of anilines is 1. The molecule has 0 N–H and O–H groups in total. The summed E-state index contributed by atoms with van der Waals surface area (Å²) in [5.74, 6) is 0. The van der Waals surface area contributed by atoms with Gasteiger partial charge in [0.1, 0.15) is 5.01 Å². The minimum Gasteiger partial charge on any atom is -0.270 e. The average molecular weight is 357 g/mol. The number of benzene rings is 1. The van der Waals surface area contributed by atoms with E-state index in [-0.39, 0.29) is 0 Å². The minimum absolute atomic E-state index is 0.511. The molecule has 2 aromatic heterocycles. The van der Waals surface area contributed by atoms with Crippen LogP contribution < -0.4 is 4.31 Å². The fourth-order valence-corrected chi connectivity index (χ4v) is 4.70. The van der Waals surface area contributed by atoms with Crippen LogP contribution in [0.1, 0.15) is 5.56 Å². The molecule has 1 aliphatic heterocycles. The molecule has 0 unspecified atom stereocenters. The zero-order chi connectivity index (χ0) is 16.7. The number of rotatable bonds is 3. The van der Waals surface area contributed by atoms with Crippen molar-refractivity contribution in [1.82, 2.24) is 9.97 Å². The summed E-state index contributed by atoms with van der Waals surface area (Å²) in [6, 6.07) is 9.74. The smallest absolute Gasteiger partial charge is 0.232 e. The molecule has 1 aliphatic rings.